The van der Waals surface area contributed by atoms with Crippen molar-refractivity contribution in [2.45, 2.75) is 6.42 Å². The number of hydrogen-bond acceptors (Lipinski definition) is 3. The zero-order valence-corrected chi connectivity index (χ0v) is 9.26. The van der Waals surface area contributed by atoms with E-state index >= 15 is 0 Å². The summed E-state index contributed by atoms with van der Waals surface area (Å²) in [5.74, 6) is 0. The second kappa shape index (κ2) is 7.50. The molecule has 15 heavy (non-hydrogen) atoms. The van der Waals surface area contributed by atoms with Crippen molar-refractivity contribution in [3.8, 4) is 0 Å². The van der Waals surface area contributed by atoms with Gasteiger partial charge in [0.15, 0.2) is 0 Å². The van der Waals surface area contributed by atoms with Gasteiger partial charge in [0.2, 0.25) is 0 Å². The molecule has 86 valence electrons. The van der Waals surface area contributed by atoms with Crippen LogP contribution in [0.15, 0.2) is 24.4 Å². The monoisotopic (exact) mass is 234 g/mol. The maximum Gasteiger partial charge on any atom is 0.466 e. The van der Waals surface area contributed by atoms with Crippen LogP contribution in [0.2, 0.25) is 0 Å². The van der Waals surface area contributed by atoms with Gasteiger partial charge >= 0.3 is 7.82 Å². The Morgan fingerprint density at radius 3 is 2.40 bits per heavy atom. The van der Waals surface area contributed by atoms with Crippen molar-refractivity contribution in [2.75, 3.05) is 13.6 Å². The van der Waals surface area contributed by atoms with Crippen molar-refractivity contribution in [1.29, 1.82) is 0 Å². The van der Waals surface area contributed by atoms with E-state index in [-0.39, 0.29) is 0 Å². The minimum atomic E-state index is -4.64. The molecule has 7 heteroatoms. The molecule has 0 amide bonds. The summed E-state index contributed by atoms with van der Waals surface area (Å²) in [4.78, 5) is 25.7. The van der Waals surface area contributed by atoms with E-state index in [9.17, 15) is 0 Å². The Labute approximate surface area is 88.2 Å². The van der Waals surface area contributed by atoms with Crippen LogP contribution in [0.1, 0.15) is 5.69 Å². The van der Waals surface area contributed by atoms with Gasteiger partial charge in [0.1, 0.15) is 0 Å². The molecule has 0 aromatic carbocycles. The molecule has 0 aliphatic carbocycles. The van der Waals surface area contributed by atoms with Gasteiger partial charge in [-0.25, -0.2) is 4.57 Å². The number of nitrogens with zero attached hydrogens (tertiary/aromatic N) is 1. The molecular weight excluding hydrogens is 219 g/mol. The van der Waals surface area contributed by atoms with E-state index in [1.54, 1.807) is 0 Å². The Hall–Kier alpha value is -0.780. The van der Waals surface area contributed by atoms with Gasteiger partial charge < -0.3 is 20.0 Å². The van der Waals surface area contributed by atoms with Crippen molar-refractivity contribution >= 4 is 7.82 Å². The summed E-state index contributed by atoms with van der Waals surface area (Å²) in [5, 5.41) is 3.08. The largest absolute Gasteiger partial charge is 0.466 e. The maximum atomic E-state index is 8.88. The van der Waals surface area contributed by atoms with Crippen molar-refractivity contribution < 1.29 is 19.2 Å². The Bertz CT molecular complexity index is 293. The smallest absolute Gasteiger partial charge is 0.319 e. The average molecular weight is 234 g/mol. The van der Waals surface area contributed by atoms with Gasteiger partial charge in [-0.15, -0.1) is 0 Å². The molecule has 0 aliphatic rings. The second-order valence-electron chi connectivity index (χ2n) is 2.69. The fraction of sp³-hybridized carbons (Fsp3) is 0.375. The Morgan fingerprint density at radius 1 is 1.40 bits per heavy atom. The number of nitrogens with one attached hydrogen (secondary N) is 1. The fourth-order valence-electron chi connectivity index (χ4n) is 0.799. The van der Waals surface area contributed by atoms with E-state index in [0.717, 1.165) is 18.7 Å². The normalized spacial score (nSPS) is 10.4. The zero-order chi connectivity index (χ0) is 11.7. The van der Waals surface area contributed by atoms with Gasteiger partial charge in [-0.05, 0) is 19.2 Å². The molecule has 0 radical (unpaired) electrons. The first-order valence-electron chi connectivity index (χ1n) is 4.26. The van der Waals surface area contributed by atoms with Crippen LogP contribution in [0, 0.1) is 0 Å². The zero-order valence-electron chi connectivity index (χ0n) is 8.37. The molecule has 0 spiro atoms. The lowest BCUT2D eigenvalue weighted by Gasteiger charge is -1.96. The van der Waals surface area contributed by atoms with Crippen molar-refractivity contribution in [1.82, 2.24) is 10.3 Å². The number of phosphoric acid groups is 1. The highest BCUT2D eigenvalue weighted by molar-refractivity contribution is 7.45. The molecule has 0 unspecified atom stereocenters. The van der Waals surface area contributed by atoms with Crippen molar-refractivity contribution in [3.63, 3.8) is 0 Å². The molecular formula is C8H15N2O4P. The van der Waals surface area contributed by atoms with Gasteiger partial charge in [-0.3, -0.25) is 4.98 Å². The molecule has 0 saturated heterocycles. The van der Waals surface area contributed by atoms with Crippen LogP contribution < -0.4 is 5.32 Å². The lowest BCUT2D eigenvalue weighted by molar-refractivity contribution is 0.275. The molecule has 6 nitrogen and oxygen atoms in total. The Kier molecular flexibility index (Phi) is 7.11. The summed E-state index contributed by atoms with van der Waals surface area (Å²) >= 11 is 0. The summed E-state index contributed by atoms with van der Waals surface area (Å²) in [7, 11) is -2.69. The first kappa shape index (κ1) is 14.2. The minimum Gasteiger partial charge on any atom is -0.319 e. The molecule has 0 aliphatic heterocycles. The van der Waals surface area contributed by atoms with Gasteiger partial charge in [0, 0.05) is 24.9 Å². The predicted octanol–water partition coefficient (Wildman–Crippen LogP) is -0.0851. The Morgan fingerprint density at radius 2 is 2.00 bits per heavy atom. The van der Waals surface area contributed by atoms with Crippen LogP contribution in [-0.4, -0.2) is 33.3 Å². The molecule has 1 aromatic rings. The van der Waals surface area contributed by atoms with Gasteiger partial charge in [-0.2, -0.15) is 0 Å². The lowest BCUT2D eigenvalue weighted by atomic mass is 10.3. The third-order valence-electron chi connectivity index (χ3n) is 1.36. The Balaban J connectivity index is 0.000000336. The van der Waals surface area contributed by atoms with E-state index in [1.165, 1.54) is 0 Å². The minimum absolute atomic E-state index is 0.997. The van der Waals surface area contributed by atoms with E-state index in [1.807, 2.05) is 31.4 Å². The average Bonchev–Trinajstić information content (AvgIpc) is 2.14. The number of hydrogen-bond donors (Lipinski definition) is 4. The molecule has 0 fully saturated rings. The highest BCUT2D eigenvalue weighted by Gasteiger charge is 2.00. The predicted molar refractivity (Wildman–Crippen MR) is 56.1 cm³/mol. The summed E-state index contributed by atoms with van der Waals surface area (Å²) in [5.41, 5.74) is 1.15. The second-order valence-corrected chi connectivity index (χ2v) is 3.71. The van der Waals surface area contributed by atoms with Gasteiger partial charge in [0.25, 0.3) is 0 Å². The number of likely N-dealkylation sites (N-methyl/N-ethyl adjacent to an activating group) is 1. The first-order valence-corrected chi connectivity index (χ1v) is 5.83. The molecule has 1 aromatic heterocycles. The topological polar surface area (TPSA) is 103 Å². The lowest BCUT2D eigenvalue weighted by Crippen LogP contribution is -2.10. The van der Waals surface area contributed by atoms with E-state index in [0.29, 0.717) is 0 Å². The molecule has 1 heterocycles. The van der Waals surface area contributed by atoms with Crippen molar-refractivity contribution in [3.05, 3.63) is 30.1 Å². The summed E-state index contributed by atoms with van der Waals surface area (Å²) in [6, 6.07) is 5.98. The molecule has 4 N–H and O–H groups in total. The third-order valence-corrected chi connectivity index (χ3v) is 1.36. The van der Waals surface area contributed by atoms with Crippen LogP contribution in [0.4, 0.5) is 0 Å². The molecule has 0 bridgehead atoms. The van der Waals surface area contributed by atoms with E-state index in [2.05, 4.69) is 10.3 Å². The molecule has 0 atom stereocenters. The maximum absolute atomic E-state index is 8.88. The van der Waals surface area contributed by atoms with Gasteiger partial charge in [0.05, 0.1) is 0 Å². The van der Waals surface area contributed by atoms with Gasteiger partial charge in [-0.1, -0.05) is 6.07 Å². The van der Waals surface area contributed by atoms with Crippen LogP contribution in [0.5, 0.6) is 0 Å². The first-order chi connectivity index (χ1) is 6.93. The van der Waals surface area contributed by atoms with E-state index in [4.69, 9.17) is 19.2 Å². The summed E-state index contributed by atoms with van der Waals surface area (Å²) in [6.45, 7) is 0.997. The summed E-state index contributed by atoms with van der Waals surface area (Å²) in [6.07, 6.45) is 2.84. The number of pyridine rings is 1. The van der Waals surface area contributed by atoms with Crippen LogP contribution in [0.3, 0.4) is 0 Å². The highest BCUT2D eigenvalue weighted by atomic mass is 31.2. The highest BCUT2D eigenvalue weighted by Crippen LogP contribution is 2.25. The standard InChI is InChI=1S/C8H12N2.H3O4P/c1-9-7-5-8-4-2-3-6-10-8;1-5(2,3)4/h2-4,6,9H,5,7H2,1H3;(H3,1,2,3,4). The fourth-order valence-corrected chi connectivity index (χ4v) is 0.799. The van der Waals surface area contributed by atoms with Crippen LogP contribution >= 0.6 is 7.82 Å². The van der Waals surface area contributed by atoms with Crippen LogP contribution in [0.25, 0.3) is 0 Å². The van der Waals surface area contributed by atoms with Crippen molar-refractivity contribution in [2.24, 2.45) is 0 Å². The molecule has 0 saturated carbocycles. The molecule has 1 rings (SSSR count). The third kappa shape index (κ3) is 13.2. The number of rotatable bonds is 3. The SMILES string of the molecule is CNCCc1ccccn1.O=P(O)(O)O. The van der Waals surface area contributed by atoms with Crippen LogP contribution in [-0.2, 0) is 11.0 Å². The van der Waals surface area contributed by atoms with E-state index < -0.39 is 7.82 Å². The number of aromatic nitrogens is 1. The quantitative estimate of drug-likeness (QED) is 0.545. The summed E-state index contributed by atoms with van der Waals surface area (Å²) < 4.78 is 8.88.